The molecule has 0 amide bonds. The lowest BCUT2D eigenvalue weighted by molar-refractivity contribution is -0.384. The molecule has 0 N–H and O–H groups in total. The molecule has 1 atom stereocenters. The van der Waals surface area contributed by atoms with Gasteiger partial charge < -0.3 is 4.74 Å². The average Bonchev–Trinajstić information content (AvgIpc) is 2.61. The van der Waals surface area contributed by atoms with Crippen LogP contribution in [0.15, 0.2) is 51.8 Å². The van der Waals surface area contributed by atoms with E-state index in [4.69, 9.17) is 16.3 Å². The van der Waals surface area contributed by atoms with Gasteiger partial charge in [0.1, 0.15) is 17.5 Å². The molecule has 0 saturated heterocycles. The van der Waals surface area contributed by atoms with Gasteiger partial charge in [-0.25, -0.2) is 8.42 Å². The first-order valence-corrected chi connectivity index (χ1v) is 10.0. The first-order valence-electron chi connectivity index (χ1n) is 7.41. The Labute approximate surface area is 169 Å². The number of nitro groups is 1. The van der Waals surface area contributed by atoms with Crippen molar-refractivity contribution >= 4 is 54.2 Å². The van der Waals surface area contributed by atoms with Gasteiger partial charge >= 0.3 is 0 Å². The van der Waals surface area contributed by atoms with Crippen molar-refractivity contribution in [1.82, 2.24) is 0 Å². The minimum absolute atomic E-state index is 0.0334. The highest BCUT2D eigenvalue weighted by Crippen LogP contribution is 2.37. The molecule has 2 aromatic carbocycles. The smallest absolute Gasteiger partial charge is 0.271 e. The van der Waals surface area contributed by atoms with Crippen molar-refractivity contribution in [1.29, 1.82) is 0 Å². The van der Waals surface area contributed by atoms with E-state index in [0.29, 0.717) is 4.47 Å². The summed E-state index contributed by atoms with van der Waals surface area (Å²) in [6, 6.07) is 7.81. The second-order valence-corrected chi connectivity index (χ2v) is 8.45. The standard InChI is InChI=1S/C16H14BrClN2O6S/c1-10(16(18)21)19(27(24,25)13-6-3-11(17)4-7-13)14-9-12(20(22)23)5-8-15(14)26-2/h3-10H,1-2H3. The summed E-state index contributed by atoms with van der Waals surface area (Å²) in [6.45, 7) is 1.28. The van der Waals surface area contributed by atoms with Gasteiger partial charge in [-0.2, -0.15) is 0 Å². The van der Waals surface area contributed by atoms with Gasteiger partial charge in [0, 0.05) is 16.6 Å². The number of benzene rings is 2. The number of hydrogen-bond acceptors (Lipinski definition) is 6. The van der Waals surface area contributed by atoms with Gasteiger partial charge in [-0.1, -0.05) is 15.9 Å². The van der Waals surface area contributed by atoms with Gasteiger partial charge in [0.05, 0.1) is 16.9 Å². The van der Waals surface area contributed by atoms with Crippen molar-refractivity contribution < 1.29 is 22.9 Å². The largest absolute Gasteiger partial charge is 0.495 e. The van der Waals surface area contributed by atoms with Gasteiger partial charge in [-0.15, -0.1) is 0 Å². The topological polar surface area (TPSA) is 107 Å². The van der Waals surface area contributed by atoms with E-state index in [-0.39, 0.29) is 22.0 Å². The average molecular weight is 478 g/mol. The third-order valence-electron chi connectivity index (χ3n) is 3.66. The van der Waals surface area contributed by atoms with Crippen molar-refractivity contribution in [2.24, 2.45) is 0 Å². The number of sulfonamides is 1. The van der Waals surface area contributed by atoms with Gasteiger partial charge in [-0.3, -0.25) is 19.2 Å². The number of hydrogen-bond donors (Lipinski definition) is 0. The predicted octanol–water partition coefficient (Wildman–Crippen LogP) is 3.72. The fourth-order valence-corrected chi connectivity index (χ4v) is 4.36. The summed E-state index contributed by atoms with van der Waals surface area (Å²) in [5.41, 5.74) is -0.535. The number of carbonyl (C=O) groups excluding carboxylic acids is 1. The Kier molecular flexibility index (Phi) is 6.45. The Morgan fingerprint density at radius 2 is 1.85 bits per heavy atom. The molecule has 27 heavy (non-hydrogen) atoms. The number of nitrogens with zero attached hydrogens (tertiary/aromatic N) is 2. The van der Waals surface area contributed by atoms with Crippen molar-refractivity contribution in [2.75, 3.05) is 11.4 Å². The van der Waals surface area contributed by atoms with Crippen LogP contribution in [0, 0.1) is 10.1 Å². The summed E-state index contributed by atoms with van der Waals surface area (Å²) in [6.07, 6.45) is 0. The number of non-ortho nitro benzene ring substituents is 1. The zero-order chi connectivity index (χ0) is 20.4. The van der Waals surface area contributed by atoms with Crippen LogP contribution in [0.5, 0.6) is 5.75 Å². The molecule has 144 valence electrons. The molecule has 0 saturated carbocycles. The van der Waals surface area contributed by atoms with Crippen molar-refractivity contribution in [3.8, 4) is 5.75 Å². The molecule has 8 nitrogen and oxygen atoms in total. The molecule has 11 heteroatoms. The Balaban J connectivity index is 2.76. The maximum absolute atomic E-state index is 13.2. The Bertz CT molecular complexity index is 981. The van der Waals surface area contributed by atoms with E-state index in [1.165, 1.54) is 50.4 Å². The molecule has 0 aromatic heterocycles. The van der Waals surface area contributed by atoms with E-state index in [9.17, 15) is 23.3 Å². The number of halogens is 2. The molecule has 2 aromatic rings. The lowest BCUT2D eigenvalue weighted by Gasteiger charge is -2.29. The molecule has 0 radical (unpaired) electrons. The van der Waals surface area contributed by atoms with Crippen LogP contribution in [-0.4, -0.2) is 31.7 Å². The van der Waals surface area contributed by atoms with E-state index in [1.54, 1.807) is 0 Å². The molecule has 0 bridgehead atoms. The third kappa shape index (κ3) is 4.40. The van der Waals surface area contributed by atoms with Gasteiger partial charge in [0.15, 0.2) is 0 Å². The second kappa shape index (κ2) is 8.24. The lowest BCUT2D eigenvalue weighted by Crippen LogP contribution is -2.42. The van der Waals surface area contributed by atoms with E-state index < -0.39 is 26.2 Å². The fraction of sp³-hybridized carbons (Fsp3) is 0.188. The van der Waals surface area contributed by atoms with Crippen LogP contribution < -0.4 is 9.04 Å². The van der Waals surface area contributed by atoms with Crippen LogP contribution in [0.1, 0.15) is 6.92 Å². The highest BCUT2D eigenvalue weighted by Gasteiger charge is 2.35. The number of carbonyl (C=O) groups is 1. The first kappa shape index (κ1) is 21.1. The van der Waals surface area contributed by atoms with Crippen LogP contribution in [0.4, 0.5) is 11.4 Å². The number of nitro benzene ring substituents is 1. The summed E-state index contributed by atoms with van der Waals surface area (Å²) >= 11 is 8.78. The molecule has 0 spiro atoms. The number of methoxy groups -OCH3 is 1. The highest BCUT2D eigenvalue weighted by atomic mass is 79.9. The molecule has 2 rings (SSSR count). The fourth-order valence-electron chi connectivity index (χ4n) is 2.32. The minimum atomic E-state index is -4.29. The van der Waals surface area contributed by atoms with Crippen LogP contribution in [-0.2, 0) is 14.8 Å². The third-order valence-corrected chi connectivity index (χ3v) is 6.40. The summed E-state index contributed by atoms with van der Waals surface area (Å²) < 4.78 is 33.0. The summed E-state index contributed by atoms with van der Waals surface area (Å²) in [4.78, 5) is 22.1. The normalized spacial score (nSPS) is 12.3. The van der Waals surface area contributed by atoms with E-state index >= 15 is 0 Å². The van der Waals surface area contributed by atoms with Gasteiger partial charge in [0.25, 0.3) is 15.7 Å². The SMILES string of the molecule is COc1ccc([N+](=O)[O-])cc1N(C(C)C(=O)Cl)S(=O)(=O)c1ccc(Br)cc1. The van der Waals surface area contributed by atoms with E-state index in [0.717, 1.165) is 10.4 Å². The van der Waals surface area contributed by atoms with E-state index in [2.05, 4.69) is 15.9 Å². The second-order valence-electron chi connectivity index (χ2n) is 5.35. The zero-order valence-electron chi connectivity index (χ0n) is 14.1. The molecule has 0 aliphatic heterocycles. The monoisotopic (exact) mass is 476 g/mol. The molecular weight excluding hydrogens is 464 g/mol. The summed E-state index contributed by atoms with van der Waals surface area (Å²) in [5.74, 6) is 0.0334. The number of ether oxygens (including phenoxy) is 1. The Morgan fingerprint density at radius 1 is 1.26 bits per heavy atom. The Hall–Kier alpha value is -2.17. The summed E-state index contributed by atoms with van der Waals surface area (Å²) in [5, 5.41) is 10.2. The van der Waals surface area contributed by atoms with Gasteiger partial charge in [0.2, 0.25) is 5.24 Å². The number of anilines is 1. The molecule has 1 unspecified atom stereocenters. The van der Waals surface area contributed by atoms with E-state index in [1.807, 2.05) is 0 Å². The maximum atomic E-state index is 13.2. The highest BCUT2D eigenvalue weighted by molar-refractivity contribution is 9.10. The van der Waals surface area contributed by atoms with Crippen molar-refractivity contribution in [3.05, 3.63) is 57.1 Å². The van der Waals surface area contributed by atoms with Crippen LogP contribution >= 0.6 is 27.5 Å². The minimum Gasteiger partial charge on any atom is -0.495 e. The lowest BCUT2D eigenvalue weighted by atomic mass is 10.2. The predicted molar refractivity (Wildman–Crippen MR) is 104 cm³/mol. The van der Waals surface area contributed by atoms with Crippen LogP contribution in [0.2, 0.25) is 0 Å². The molecular formula is C16H14BrClN2O6S. The van der Waals surface area contributed by atoms with Crippen molar-refractivity contribution in [2.45, 2.75) is 17.9 Å². The van der Waals surface area contributed by atoms with Crippen LogP contribution in [0.3, 0.4) is 0 Å². The first-order chi connectivity index (χ1) is 12.6. The zero-order valence-corrected chi connectivity index (χ0v) is 17.3. The molecule has 0 fully saturated rings. The quantitative estimate of drug-likeness (QED) is 0.342. The maximum Gasteiger partial charge on any atom is 0.271 e. The molecule has 0 heterocycles. The van der Waals surface area contributed by atoms with Gasteiger partial charge in [-0.05, 0) is 48.9 Å². The van der Waals surface area contributed by atoms with Crippen LogP contribution in [0.25, 0.3) is 0 Å². The Morgan fingerprint density at radius 3 is 2.33 bits per heavy atom. The molecule has 0 aliphatic carbocycles. The van der Waals surface area contributed by atoms with Crippen molar-refractivity contribution in [3.63, 3.8) is 0 Å². The molecule has 0 aliphatic rings. The number of rotatable bonds is 7. The summed E-state index contributed by atoms with van der Waals surface area (Å²) in [7, 11) is -3.01.